The molecule has 1 aliphatic heterocycles. The largest absolute Gasteiger partial charge is 0.493 e. The molecular weight excluding hydrogens is 398 g/mol. The van der Waals surface area contributed by atoms with E-state index in [4.69, 9.17) is 24.7 Å². The van der Waals surface area contributed by atoms with Crippen molar-refractivity contribution in [3.63, 3.8) is 0 Å². The highest BCUT2D eigenvalue weighted by molar-refractivity contribution is 5.64. The van der Waals surface area contributed by atoms with Crippen LogP contribution in [-0.2, 0) is 6.54 Å². The van der Waals surface area contributed by atoms with Gasteiger partial charge in [0.25, 0.3) is 5.56 Å². The molecule has 1 aromatic carbocycles. The number of benzene rings is 1. The van der Waals surface area contributed by atoms with Gasteiger partial charge in [0, 0.05) is 23.9 Å². The topological polar surface area (TPSA) is 109 Å². The van der Waals surface area contributed by atoms with Gasteiger partial charge in [0.05, 0.1) is 32.8 Å². The van der Waals surface area contributed by atoms with Gasteiger partial charge in [0.1, 0.15) is 17.4 Å². The average molecular weight is 423 g/mol. The molecular formula is C23H25N3O5. The normalized spacial score (nSPS) is 17.5. The summed E-state index contributed by atoms with van der Waals surface area (Å²) >= 11 is 0. The molecule has 2 heterocycles. The van der Waals surface area contributed by atoms with E-state index in [0.717, 1.165) is 18.5 Å². The molecule has 0 amide bonds. The van der Waals surface area contributed by atoms with Crippen molar-refractivity contribution < 1.29 is 18.9 Å². The van der Waals surface area contributed by atoms with Crippen LogP contribution in [0.2, 0.25) is 0 Å². The lowest BCUT2D eigenvalue weighted by Crippen LogP contribution is -2.33. The lowest BCUT2D eigenvalue weighted by atomic mass is 9.83. The molecule has 0 saturated heterocycles. The summed E-state index contributed by atoms with van der Waals surface area (Å²) in [7, 11) is 4.53. The summed E-state index contributed by atoms with van der Waals surface area (Å²) in [5.41, 5.74) is 7.80. The Labute approximate surface area is 180 Å². The second kappa shape index (κ2) is 7.91. The maximum absolute atomic E-state index is 13.6. The predicted molar refractivity (Wildman–Crippen MR) is 114 cm³/mol. The summed E-state index contributed by atoms with van der Waals surface area (Å²) in [5, 5.41) is 9.91. The number of methoxy groups -OCH3 is 3. The van der Waals surface area contributed by atoms with Crippen LogP contribution in [-0.4, -0.2) is 25.9 Å². The second-order valence-electron chi connectivity index (χ2n) is 7.77. The summed E-state index contributed by atoms with van der Waals surface area (Å²) in [4.78, 5) is 13.6. The molecule has 0 spiro atoms. The fourth-order valence-electron chi connectivity index (χ4n) is 4.13. The van der Waals surface area contributed by atoms with E-state index in [0.29, 0.717) is 46.6 Å². The number of pyridine rings is 1. The van der Waals surface area contributed by atoms with Gasteiger partial charge in [-0.05, 0) is 31.7 Å². The first-order valence-electron chi connectivity index (χ1n) is 10.1. The first-order chi connectivity index (χ1) is 14.9. The molecule has 1 fully saturated rings. The number of fused-ring (bicyclic) bond motifs is 1. The van der Waals surface area contributed by atoms with Gasteiger partial charge in [-0.25, -0.2) is 0 Å². The first-order valence-corrected chi connectivity index (χ1v) is 10.1. The van der Waals surface area contributed by atoms with Crippen LogP contribution in [0.15, 0.2) is 34.4 Å². The molecule has 0 unspecified atom stereocenters. The quantitative estimate of drug-likeness (QED) is 0.761. The fourth-order valence-corrected chi connectivity index (χ4v) is 4.13. The van der Waals surface area contributed by atoms with E-state index in [-0.39, 0.29) is 17.0 Å². The molecule has 4 rings (SSSR count). The molecule has 1 aliphatic carbocycles. The zero-order valence-electron chi connectivity index (χ0n) is 18.0. The van der Waals surface area contributed by atoms with E-state index < -0.39 is 5.92 Å². The Morgan fingerprint density at radius 1 is 1.19 bits per heavy atom. The summed E-state index contributed by atoms with van der Waals surface area (Å²) in [5.74, 6) is 1.28. The van der Waals surface area contributed by atoms with Crippen LogP contribution in [0.25, 0.3) is 0 Å². The van der Waals surface area contributed by atoms with Gasteiger partial charge in [-0.15, -0.1) is 0 Å². The minimum atomic E-state index is -0.762. The Morgan fingerprint density at radius 2 is 1.90 bits per heavy atom. The van der Waals surface area contributed by atoms with E-state index >= 15 is 0 Å². The van der Waals surface area contributed by atoms with Crippen LogP contribution in [0.4, 0.5) is 0 Å². The number of hydrogen-bond donors (Lipinski definition) is 1. The van der Waals surface area contributed by atoms with Crippen molar-refractivity contribution in [3.05, 3.63) is 56.8 Å². The number of aryl methyl sites for hydroxylation is 1. The Kier molecular flexibility index (Phi) is 5.27. The summed E-state index contributed by atoms with van der Waals surface area (Å²) in [6.45, 7) is 2.52. The molecule has 2 aliphatic rings. The van der Waals surface area contributed by atoms with Crippen LogP contribution in [0, 0.1) is 24.2 Å². The zero-order valence-corrected chi connectivity index (χ0v) is 18.0. The monoisotopic (exact) mass is 423 g/mol. The number of nitriles is 1. The number of hydrogen-bond acceptors (Lipinski definition) is 7. The zero-order chi connectivity index (χ0) is 22.3. The standard InChI is InChI=1S/C23H25N3O5/c1-12-9-17-19(23(27)26(12)11-13-5-6-13)18(15(10-24)22(25)31-17)14-7-8-16(28-2)21(30-4)20(14)29-3/h7-9,13,18H,5-6,11,25H2,1-4H3/t18-/m1/s1. The van der Waals surface area contributed by atoms with Crippen LogP contribution >= 0.6 is 0 Å². The van der Waals surface area contributed by atoms with Gasteiger partial charge in [-0.1, -0.05) is 6.07 Å². The predicted octanol–water partition coefficient (Wildman–Crippen LogP) is 2.81. The molecule has 162 valence electrons. The van der Waals surface area contributed by atoms with Crippen LogP contribution in [0.1, 0.15) is 35.6 Å². The molecule has 8 heteroatoms. The molecule has 2 N–H and O–H groups in total. The van der Waals surface area contributed by atoms with E-state index in [1.54, 1.807) is 22.8 Å². The molecule has 0 bridgehead atoms. The molecule has 1 aromatic heterocycles. The van der Waals surface area contributed by atoms with Gasteiger partial charge in [0.2, 0.25) is 11.6 Å². The average Bonchev–Trinajstić information content (AvgIpc) is 3.58. The number of aromatic nitrogens is 1. The Balaban J connectivity index is 2.01. The lowest BCUT2D eigenvalue weighted by Gasteiger charge is -2.29. The maximum Gasteiger partial charge on any atom is 0.258 e. The van der Waals surface area contributed by atoms with E-state index in [2.05, 4.69) is 6.07 Å². The summed E-state index contributed by atoms with van der Waals surface area (Å²) in [6, 6.07) is 7.41. The minimum absolute atomic E-state index is 0.0319. The van der Waals surface area contributed by atoms with Gasteiger partial charge in [-0.2, -0.15) is 5.26 Å². The van der Waals surface area contributed by atoms with Crippen molar-refractivity contribution in [3.8, 4) is 29.1 Å². The third-order valence-electron chi connectivity index (χ3n) is 5.87. The highest BCUT2D eigenvalue weighted by Crippen LogP contribution is 2.49. The Bertz CT molecular complexity index is 1170. The number of rotatable bonds is 6. The highest BCUT2D eigenvalue weighted by Gasteiger charge is 2.37. The third-order valence-corrected chi connectivity index (χ3v) is 5.87. The van der Waals surface area contributed by atoms with Crippen molar-refractivity contribution in [2.45, 2.75) is 32.2 Å². The fraction of sp³-hybridized carbons (Fsp3) is 0.391. The van der Waals surface area contributed by atoms with Crippen molar-refractivity contribution in [1.29, 1.82) is 5.26 Å². The smallest absolute Gasteiger partial charge is 0.258 e. The summed E-state index contributed by atoms with van der Waals surface area (Å²) < 4.78 is 24.0. The Morgan fingerprint density at radius 3 is 2.48 bits per heavy atom. The summed E-state index contributed by atoms with van der Waals surface area (Å²) in [6.07, 6.45) is 2.23. The van der Waals surface area contributed by atoms with E-state index in [1.165, 1.54) is 21.3 Å². The molecule has 0 radical (unpaired) electrons. The third kappa shape index (κ3) is 3.36. The van der Waals surface area contributed by atoms with E-state index in [9.17, 15) is 10.1 Å². The number of ether oxygens (including phenoxy) is 4. The van der Waals surface area contributed by atoms with Crippen molar-refractivity contribution in [2.24, 2.45) is 11.7 Å². The van der Waals surface area contributed by atoms with Gasteiger partial charge < -0.3 is 29.2 Å². The van der Waals surface area contributed by atoms with Crippen LogP contribution in [0.3, 0.4) is 0 Å². The first kappa shape index (κ1) is 20.7. The second-order valence-corrected chi connectivity index (χ2v) is 7.77. The SMILES string of the molecule is COc1ccc([C@@H]2C(C#N)=C(N)Oc3cc(C)n(CC4CC4)c(=O)c32)c(OC)c1OC. The lowest BCUT2D eigenvalue weighted by molar-refractivity contribution is 0.321. The minimum Gasteiger partial charge on any atom is -0.493 e. The molecule has 31 heavy (non-hydrogen) atoms. The molecule has 1 saturated carbocycles. The van der Waals surface area contributed by atoms with E-state index in [1.807, 2.05) is 6.92 Å². The Hall–Kier alpha value is -3.60. The number of nitrogens with two attached hydrogens (primary N) is 1. The van der Waals surface area contributed by atoms with Crippen LogP contribution in [0.5, 0.6) is 23.0 Å². The molecule has 2 aromatic rings. The maximum atomic E-state index is 13.6. The molecule has 8 nitrogen and oxygen atoms in total. The highest BCUT2D eigenvalue weighted by atomic mass is 16.5. The molecule has 1 atom stereocenters. The number of allylic oxidation sites excluding steroid dienone is 1. The van der Waals surface area contributed by atoms with Gasteiger partial charge >= 0.3 is 0 Å². The van der Waals surface area contributed by atoms with Gasteiger partial charge in [0.15, 0.2) is 11.5 Å². The van der Waals surface area contributed by atoms with Crippen molar-refractivity contribution >= 4 is 0 Å². The van der Waals surface area contributed by atoms with Crippen LogP contribution < -0.4 is 30.2 Å². The van der Waals surface area contributed by atoms with Crippen molar-refractivity contribution in [1.82, 2.24) is 4.57 Å². The van der Waals surface area contributed by atoms with Crippen molar-refractivity contribution in [2.75, 3.05) is 21.3 Å². The van der Waals surface area contributed by atoms with Gasteiger partial charge in [-0.3, -0.25) is 4.79 Å². The number of nitrogens with zero attached hydrogens (tertiary/aromatic N) is 2.